The summed E-state index contributed by atoms with van der Waals surface area (Å²) in [7, 11) is 2.07. The summed E-state index contributed by atoms with van der Waals surface area (Å²) < 4.78 is 13.6. The Balaban J connectivity index is 1.52. The summed E-state index contributed by atoms with van der Waals surface area (Å²) in [5.74, 6) is 0.336. The molecule has 6 nitrogen and oxygen atoms in total. The van der Waals surface area contributed by atoms with Crippen molar-refractivity contribution in [2.75, 3.05) is 25.5 Å². The molecule has 2 aromatic heterocycles. The van der Waals surface area contributed by atoms with Gasteiger partial charge in [-0.15, -0.1) is 11.3 Å². The van der Waals surface area contributed by atoms with Gasteiger partial charge in [0.15, 0.2) is 0 Å². The van der Waals surface area contributed by atoms with Crippen molar-refractivity contribution in [3.05, 3.63) is 47.4 Å². The lowest BCUT2D eigenvalue weighted by atomic mass is 9.92. The molecule has 8 heteroatoms. The van der Waals surface area contributed by atoms with Crippen molar-refractivity contribution in [1.82, 2.24) is 19.9 Å². The molecule has 0 unspecified atom stereocenters. The Morgan fingerprint density at radius 3 is 2.52 bits per heavy atom. The molecule has 0 spiro atoms. The highest BCUT2D eigenvalue weighted by Crippen LogP contribution is 2.43. The fourth-order valence-electron chi connectivity index (χ4n) is 4.68. The molecule has 3 heterocycles. The van der Waals surface area contributed by atoms with Gasteiger partial charge in [-0.1, -0.05) is 19.3 Å². The molecule has 1 saturated heterocycles. The summed E-state index contributed by atoms with van der Waals surface area (Å²) in [4.78, 5) is 17.3. The van der Waals surface area contributed by atoms with Gasteiger partial charge in [-0.05, 0) is 63.1 Å². The average molecular weight is 468 g/mol. The summed E-state index contributed by atoms with van der Waals surface area (Å²) >= 11 is 1.48. The first-order valence-corrected chi connectivity index (χ1v) is 12.6. The molecule has 1 saturated carbocycles. The van der Waals surface area contributed by atoms with E-state index in [4.69, 9.17) is 9.97 Å². The fourth-order valence-corrected chi connectivity index (χ4v) is 5.89. The Kier molecular flexibility index (Phi) is 6.40. The van der Waals surface area contributed by atoms with Gasteiger partial charge in [0.1, 0.15) is 16.4 Å². The van der Waals surface area contributed by atoms with Gasteiger partial charge in [-0.25, -0.2) is 19.3 Å². The van der Waals surface area contributed by atoms with Gasteiger partial charge in [-0.3, -0.25) is 0 Å². The van der Waals surface area contributed by atoms with E-state index >= 15 is 0 Å². The molecule has 1 aliphatic carbocycles. The van der Waals surface area contributed by atoms with Crippen molar-refractivity contribution < 1.29 is 9.50 Å². The van der Waals surface area contributed by atoms with Crippen LogP contribution >= 0.6 is 11.3 Å². The molecule has 33 heavy (non-hydrogen) atoms. The molecule has 1 aliphatic heterocycles. The fraction of sp³-hybridized carbons (Fsp3) is 0.480. The van der Waals surface area contributed by atoms with Gasteiger partial charge in [0.25, 0.3) is 0 Å². The third-order valence-corrected chi connectivity index (χ3v) is 8.05. The zero-order chi connectivity index (χ0) is 22.8. The summed E-state index contributed by atoms with van der Waals surface area (Å²) in [6.07, 6.45) is 9.08. The number of hydrogen-bond donors (Lipinski definition) is 2. The van der Waals surface area contributed by atoms with Gasteiger partial charge in [0, 0.05) is 30.9 Å². The van der Waals surface area contributed by atoms with Gasteiger partial charge < -0.3 is 15.3 Å². The third kappa shape index (κ3) is 4.93. The number of benzene rings is 1. The van der Waals surface area contributed by atoms with E-state index in [0.717, 1.165) is 47.8 Å². The molecule has 0 amide bonds. The highest BCUT2D eigenvalue weighted by molar-refractivity contribution is 7.15. The zero-order valence-corrected chi connectivity index (χ0v) is 19.7. The summed E-state index contributed by atoms with van der Waals surface area (Å²) in [5, 5.41) is 15.6. The van der Waals surface area contributed by atoms with Crippen LogP contribution in [0, 0.1) is 5.82 Å². The van der Waals surface area contributed by atoms with E-state index in [1.54, 1.807) is 18.3 Å². The standard InChI is InChI=1S/C25H30FN5OS/c1-31-15-12-25(32,13-16-31)23-30-21(17-7-9-18(26)10-8-17)22(33-23)20-11-14-27-24(29-20)28-19-5-3-2-4-6-19/h7-11,14,19,32H,2-6,12-13,15-16H2,1H3,(H,27,28,29). The number of hydrogen-bond acceptors (Lipinski definition) is 7. The molecule has 0 radical (unpaired) electrons. The summed E-state index contributed by atoms with van der Waals surface area (Å²) in [5.41, 5.74) is 1.35. The van der Waals surface area contributed by atoms with Crippen LogP contribution in [0.1, 0.15) is 50.0 Å². The van der Waals surface area contributed by atoms with Gasteiger partial charge in [0.05, 0.1) is 16.3 Å². The van der Waals surface area contributed by atoms with Crippen LogP contribution < -0.4 is 5.32 Å². The number of anilines is 1. The van der Waals surface area contributed by atoms with Gasteiger partial charge >= 0.3 is 0 Å². The van der Waals surface area contributed by atoms with Crippen LogP contribution in [0.4, 0.5) is 10.3 Å². The lowest BCUT2D eigenvalue weighted by Crippen LogP contribution is -2.40. The van der Waals surface area contributed by atoms with Gasteiger partial charge in [-0.2, -0.15) is 0 Å². The number of aliphatic hydroxyl groups is 1. The highest BCUT2D eigenvalue weighted by atomic mass is 32.1. The van der Waals surface area contributed by atoms with Crippen LogP contribution in [0.5, 0.6) is 0 Å². The number of likely N-dealkylation sites (tertiary alicyclic amines) is 1. The number of aromatic nitrogens is 3. The molecule has 3 aromatic rings. The molecule has 1 aromatic carbocycles. The maximum Gasteiger partial charge on any atom is 0.223 e. The van der Waals surface area contributed by atoms with Crippen LogP contribution in [0.25, 0.3) is 21.8 Å². The Bertz CT molecular complexity index is 1090. The Morgan fingerprint density at radius 1 is 1.06 bits per heavy atom. The molecule has 5 rings (SSSR count). The molecule has 2 aliphatic rings. The second-order valence-corrected chi connectivity index (χ2v) is 10.3. The number of nitrogens with one attached hydrogen (secondary N) is 1. The van der Waals surface area contributed by atoms with Crippen LogP contribution in [-0.4, -0.2) is 51.1 Å². The molecule has 2 fully saturated rings. The maximum atomic E-state index is 13.6. The minimum atomic E-state index is -0.958. The van der Waals surface area contributed by atoms with Gasteiger partial charge in [0.2, 0.25) is 5.95 Å². The highest BCUT2D eigenvalue weighted by Gasteiger charge is 2.37. The molecule has 0 atom stereocenters. The van der Waals surface area contributed by atoms with Crippen molar-refractivity contribution in [3.8, 4) is 21.8 Å². The SMILES string of the molecule is CN1CCC(O)(c2nc(-c3ccc(F)cc3)c(-c3ccnc(NC4CCCCC4)n3)s2)CC1. The van der Waals surface area contributed by atoms with Crippen molar-refractivity contribution >= 4 is 17.3 Å². The molecular weight excluding hydrogens is 437 g/mol. The van der Waals surface area contributed by atoms with E-state index in [0.29, 0.717) is 29.8 Å². The summed E-state index contributed by atoms with van der Waals surface area (Å²) in [6.45, 7) is 1.64. The first-order chi connectivity index (χ1) is 16.0. The Labute approximate surface area is 197 Å². The lowest BCUT2D eigenvalue weighted by molar-refractivity contribution is -0.0203. The molecular formula is C25H30FN5OS. The number of rotatable bonds is 5. The maximum absolute atomic E-state index is 13.6. The number of nitrogens with zero attached hydrogens (tertiary/aromatic N) is 4. The monoisotopic (exact) mass is 467 g/mol. The molecule has 2 N–H and O–H groups in total. The largest absolute Gasteiger partial charge is 0.383 e. The average Bonchev–Trinajstić information content (AvgIpc) is 3.29. The second-order valence-electron chi connectivity index (χ2n) is 9.28. The number of halogens is 1. The number of piperidine rings is 1. The van der Waals surface area contributed by atoms with E-state index in [1.165, 1.54) is 42.7 Å². The lowest BCUT2D eigenvalue weighted by Gasteiger charge is -2.34. The van der Waals surface area contributed by atoms with E-state index in [2.05, 4.69) is 22.2 Å². The first-order valence-electron chi connectivity index (χ1n) is 11.8. The molecule has 0 bridgehead atoms. The van der Waals surface area contributed by atoms with E-state index in [9.17, 15) is 9.50 Å². The van der Waals surface area contributed by atoms with Crippen LogP contribution in [0.2, 0.25) is 0 Å². The van der Waals surface area contributed by atoms with Crippen LogP contribution in [0.3, 0.4) is 0 Å². The minimum Gasteiger partial charge on any atom is -0.383 e. The molecule has 174 valence electrons. The predicted octanol–water partition coefficient (Wildman–Crippen LogP) is 5.06. The second kappa shape index (κ2) is 9.44. The smallest absolute Gasteiger partial charge is 0.223 e. The third-order valence-electron chi connectivity index (χ3n) is 6.78. The normalized spacial score (nSPS) is 19.5. The van der Waals surface area contributed by atoms with Crippen molar-refractivity contribution in [1.29, 1.82) is 0 Å². The van der Waals surface area contributed by atoms with E-state index in [1.807, 2.05) is 6.07 Å². The van der Waals surface area contributed by atoms with Crippen LogP contribution in [-0.2, 0) is 5.60 Å². The topological polar surface area (TPSA) is 74.2 Å². The van der Waals surface area contributed by atoms with Crippen LogP contribution in [0.15, 0.2) is 36.5 Å². The Hall–Kier alpha value is -2.42. The minimum absolute atomic E-state index is 0.286. The summed E-state index contributed by atoms with van der Waals surface area (Å²) in [6, 6.07) is 8.64. The zero-order valence-electron chi connectivity index (χ0n) is 18.9. The van der Waals surface area contributed by atoms with Crippen molar-refractivity contribution in [2.45, 2.75) is 56.6 Å². The van der Waals surface area contributed by atoms with E-state index in [-0.39, 0.29) is 5.82 Å². The van der Waals surface area contributed by atoms with Crippen molar-refractivity contribution in [3.63, 3.8) is 0 Å². The van der Waals surface area contributed by atoms with E-state index < -0.39 is 5.60 Å². The Morgan fingerprint density at radius 2 is 1.79 bits per heavy atom. The predicted molar refractivity (Wildman–Crippen MR) is 130 cm³/mol. The first kappa shape index (κ1) is 22.4. The quantitative estimate of drug-likeness (QED) is 0.546. The number of thiazole rings is 1. The van der Waals surface area contributed by atoms with Crippen molar-refractivity contribution in [2.24, 2.45) is 0 Å².